The number of aromatic amines is 1. The quantitative estimate of drug-likeness (QED) is 0.474. The van der Waals surface area contributed by atoms with Crippen LogP contribution in [0.5, 0.6) is 5.75 Å². The number of pyridine rings is 1. The SMILES string of the molecule is COc1ccc2[nH]c3c(c2c1)c1ccccc1c1nnc(C(C)(C)C)n13. The summed E-state index contributed by atoms with van der Waals surface area (Å²) in [7, 11) is 1.70. The van der Waals surface area contributed by atoms with Gasteiger partial charge in [-0.05, 0) is 23.6 Å². The first-order valence-corrected chi connectivity index (χ1v) is 8.75. The summed E-state index contributed by atoms with van der Waals surface area (Å²) in [5, 5.41) is 13.7. The van der Waals surface area contributed by atoms with Crippen LogP contribution in [0.4, 0.5) is 0 Å². The molecule has 0 spiro atoms. The molecule has 0 aliphatic heterocycles. The minimum absolute atomic E-state index is 0.121. The maximum absolute atomic E-state index is 5.46. The molecule has 0 saturated heterocycles. The fraction of sp³-hybridized carbons (Fsp3) is 0.238. The van der Waals surface area contributed by atoms with Gasteiger partial charge in [-0.25, -0.2) is 0 Å². The molecule has 130 valence electrons. The van der Waals surface area contributed by atoms with Gasteiger partial charge in [0.1, 0.15) is 17.2 Å². The largest absolute Gasteiger partial charge is 0.497 e. The average Bonchev–Trinajstić information content (AvgIpc) is 3.23. The normalized spacial score (nSPS) is 12.6. The zero-order valence-corrected chi connectivity index (χ0v) is 15.3. The molecule has 0 amide bonds. The minimum Gasteiger partial charge on any atom is -0.497 e. The molecule has 3 aromatic heterocycles. The molecule has 5 aromatic rings. The van der Waals surface area contributed by atoms with E-state index in [-0.39, 0.29) is 5.41 Å². The second-order valence-corrected chi connectivity index (χ2v) is 7.74. The van der Waals surface area contributed by atoms with E-state index in [1.807, 2.05) is 6.07 Å². The summed E-state index contributed by atoms with van der Waals surface area (Å²) in [5.74, 6) is 1.80. The summed E-state index contributed by atoms with van der Waals surface area (Å²) in [6.07, 6.45) is 0. The number of nitrogens with one attached hydrogen (secondary N) is 1. The number of ether oxygens (including phenoxy) is 1. The number of hydrogen-bond acceptors (Lipinski definition) is 3. The monoisotopic (exact) mass is 344 g/mol. The Hall–Kier alpha value is -3.08. The number of fused-ring (bicyclic) bond motifs is 8. The van der Waals surface area contributed by atoms with Gasteiger partial charge in [-0.15, -0.1) is 10.2 Å². The molecule has 3 heterocycles. The van der Waals surface area contributed by atoms with Gasteiger partial charge in [-0.2, -0.15) is 0 Å². The van der Waals surface area contributed by atoms with E-state index in [0.29, 0.717) is 0 Å². The minimum atomic E-state index is -0.121. The predicted molar refractivity (Wildman–Crippen MR) is 105 cm³/mol. The zero-order valence-electron chi connectivity index (χ0n) is 15.3. The molecule has 5 heteroatoms. The van der Waals surface area contributed by atoms with Gasteiger partial charge in [-0.1, -0.05) is 45.0 Å². The summed E-state index contributed by atoms with van der Waals surface area (Å²) in [5.41, 5.74) is 2.87. The first-order chi connectivity index (χ1) is 12.5. The maximum Gasteiger partial charge on any atom is 0.170 e. The topological polar surface area (TPSA) is 55.2 Å². The fourth-order valence-corrected chi connectivity index (χ4v) is 3.78. The number of methoxy groups -OCH3 is 1. The van der Waals surface area contributed by atoms with Crippen molar-refractivity contribution in [3.63, 3.8) is 0 Å². The lowest BCUT2D eigenvalue weighted by Crippen LogP contribution is -2.16. The molecule has 0 atom stereocenters. The van der Waals surface area contributed by atoms with Crippen molar-refractivity contribution in [2.24, 2.45) is 0 Å². The summed E-state index contributed by atoms with van der Waals surface area (Å²) < 4.78 is 7.63. The van der Waals surface area contributed by atoms with E-state index in [4.69, 9.17) is 4.74 Å². The molecule has 26 heavy (non-hydrogen) atoms. The zero-order chi connectivity index (χ0) is 18.1. The van der Waals surface area contributed by atoms with Gasteiger partial charge in [-0.3, -0.25) is 4.40 Å². The van der Waals surface area contributed by atoms with Crippen LogP contribution in [0.3, 0.4) is 0 Å². The van der Waals surface area contributed by atoms with E-state index in [1.54, 1.807) is 7.11 Å². The van der Waals surface area contributed by atoms with Crippen molar-refractivity contribution in [3.8, 4) is 5.75 Å². The lowest BCUT2D eigenvalue weighted by Gasteiger charge is -2.16. The van der Waals surface area contributed by atoms with Crippen molar-refractivity contribution < 1.29 is 4.74 Å². The van der Waals surface area contributed by atoms with Crippen molar-refractivity contribution in [3.05, 3.63) is 48.3 Å². The molecular weight excluding hydrogens is 324 g/mol. The molecule has 5 nitrogen and oxygen atoms in total. The average molecular weight is 344 g/mol. The van der Waals surface area contributed by atoms with E-state index in [1.165, 1.54) is 10.8 Å². The van der Waals surface area contributed by atoms with Crippen LogP contribution >= 0.6 is 0 Å². The van der Waals surface area contributed by atoms with Gasteiger partial charge >= 0.3 is 0 Å². The Morgan fingerprint density at radius 3 is 2.46 bits per heavy atom. The highest BCUT2D eigenvalue weighted by molar-refractivity contribution is 6.22. The Labute approximate surface area is 150 Å². The highest BCUT2D eigenvalue weighted by atomic mass is 16.5. The molecule has 2 aromatic carbocycles. The third kappa shape index (κ3) is 1.91. The molecule has 0 aliphatic rings. The van der Waals surface area contributed by atoms with Gasteiger partial charge in [0, 0.05) is 27.1 Å². The number of rotatable bonds is 1. The summed E-state index contributed by atoms with van der Waals surface area (Å²) in [4.78, 5) is 3.59. The van der Waals surface area contributed by atoms with Crippen molar-refractivity contribution in [1.29, 1.82) is 0 Å². The molecule has 5 rings (SSSR count). The fourth-order valence-electron chi connectivity index (χ4n) is 3.78. The number of H-pyrrole nitrogens is 1. The van der Waals surface area contributed by atoms with Crippen LogP contribution in [0.1, 0.15) is 26.6 Å². The highest BCUT2D eigenvalue weighted by Crippen LogP contribution is 2.37. The predicted octanol–water partition coefficient (Wildman–Crippen LogP) is 4.82. The summed E-state index contributed by atoms with van der Waals surface area (Å²) >= 11 is 0. The van der Waals surface area contributed by atoms with Gasteiger partial charge in [0.15, 0.2) is 5.65 Å². The number of benzene rings is 2. The number of hydrogen-bond donors (Lipinski definition) is 1. The number of nitrogens with zero attached hydrogens (tertiary/aromatic N) is 3. The van der Waals surface area contributed by atoms with Crippen molar-refractivity contribution in [2.75, 3.05) is 7.11 Å². The second kappa shape index (κ2) is 4.97. The van der Waals surface area contributed by atoms with Crippen LogP contribution in [-0.4, -0.2) is 26.7 Å². The Balaban J connectivity index is 2.12. The molecule has 0 fully saturated rings. The first-order valence-electron chi connectivity index (χ1n) is 8.75. The Morgan fingerprint density at radius 2 is 1.73 bits per heavy atom. The van der Waals surface area contributed by atoms with E-state index < -0.39 is 0 Å². The van der Waals surface area contributed by atoms with E-state index in [0.717, 1.165) is 39.2 Å². The van der Waals surface area contributed by atoms with E-state index in [9.17, 15) is 0 Å². The third-order valence-corrected chi connectivity index (χ3v) is 4.98. The molecule has 0 radical (unpaired) electrons. The van der Waals surface area contributed by atoms with Crippen molar-refractivity contribution in [2.45, 2.75) is 26.2 Å². The lowest BCUT2D eigenvalue weighted by molar-refractivity contribution is 0.415. The van der Waals surface area contributed by atoms with Crippen LogP contribution in [0.25, 0.3) is 38.4 Å². The Kier molecular flexibility index (Phi) is 2.91. The molecule has 1 N–H and O–H groups in total. The van der Waals surface area contributed by atoms with Crippen molar-refractivity contribution in [1.82, 2.24) is 19.6 Å². The van der Waals surface area contributed by atoms with Gasteiger partial charge in [0.05, 0.1) is 7.11 Å². The third-order valence-electron chi connectivity index (χ3n) is 4.98. The molecule has 0 saturated carbocycles. The smallest absolute Gasteiger partial charge is 0.170 e. The number of aromatic nitrogens is 4. The second-order valence-electron chi connectivity index (χ2n) is 7.74. The van der Waals surface area contributed by atoms with Crippen LogP contribution in [0.15, 0.2) is 42.5 Å². The van der Waals surface area contributed by atoms with Crippen LogP contribution in [-0.2, 0) is 5.41 Å². The Morgan fingerprint density at radius 1 is 0.962 bits per heavy atom. The van der Waals surface area contributed by atoms with E-state index in [2.05, 4.69) is 76.8 Å². The highest BCUT2D eigenvalue weighted by Gasteiger charge is 2.25. The van der Waals surface area contributed by atoms with Crippen LogP contribution in [0, 0.1) is 0 Å². The Bertz CT molecular complexity index is 1300. The van der Waals surface area contributed by atoms with Crippen LogP contribution in [0.2, 0.25) is 0 Å². The molecule has 0 unspecified atom stereocenters. The van der Waals surface area contributed by atoms with Gasteiger partial charge in [0.2, 0.25) is 0 Å². The molecular formula is C21H20N4O. The maximum atomic E-state index is 5.46. The molecule has 0 bridgehead atoms. The lowest BCUT2D eigenvalue weighted by atomic mass is 9.95. The van der Waals surface area contributed by atoms with Gasteiger partial charge < -0.3 is 9.72 Å². The van der Waals surface area contributed by atoms with Crippen molar-refractivity contribution >= 4 is 38.4 Å². The molecule has 0 aliphatic carbocycles. The first kappa shape index (κ1) is 15.2. The van der Waals surface area contributed by atoms with Crippen LogP contribution < -0.4 is 4.74 Å². The summed E-state index contributed by atoms with van der Waals surface area (Å²) in [6, 6.07) is 14.5. The van der Waals surface area contributed by atoms with E-state index >= 15 is 0 Å². The summed E-state index contributed by atoms with van der Waals surface area (Å²) in [6.45, 7) is 6.49. The van der Waals surface area contributed by atoms with Gasteiger partial charge in [0.25, 0.3) is 0 Å². The standard InChI is InChI=1S/C21H20N4O/c1-21(2,3)20-24-23-18-14-8-6-5-7-13(14)17-15-11-12(26-4)9-10-16(15)22-19(17)25(18)20/h5-11,22H,1-4H3.